The maximum absolute atomic E-state index is 12.8. The highest BCUT2D eigenvalue weighted by Gasteiger charge is 2.45. The van der Waals surface area contributed by atoms with Crippen LogP contribution in [0.25, 0.3) is 0 Å². The molecule has 5 nitrogen and oxygen atoms in total. The Bertz CT molecular complexity index is 772. The van der Waals surface area contributed by atoms with Gasteiger partial charge in [0.1, 0.15) is 17.6 Å². The lowest BCUT2D eigenvalue weighted by molar-refractivity contribution is -0.129. The van der Waals surface area contributed by atoms with Crippen LogP contribution in [-0.2, 0) is 4.79 Å². The summed E-state index contributed by atoms with van der Waals surface area (Å²) in [7, 11) is 0. The van der Waals surface area contributed by atoms with Gasteiger partial charge in [0, 0.05) is 6.54 Å². The normalized spacial score (nSPS) is 18.1. The van der Waals surface area contributed by atoms with Crippen molar-refractivity contribution in [1.82, 2.24) is 4.90 Å². The molecule has 1 amide bonds. The van der Waals surface area contributed by atoms with E-state index in [4.69, 9.17) is 4.42 Å². The van der Waals surface area contributed by atoms with Gasteiger partial charge in [-0.1, -0.05) is 13.0 Å². The van der Waals surface area contributed by atoms with E-state index < -0.39 is 17.7 Å². The molecule has 0 saturated carbocycles. The molecule has 0 spiro atoms. The number of carbonyl (C=O) groups is 2. The molecule has 120 valence electrons. The molecule has 0 aromatic carbocycles. The number of ketones is 1. The first-order valence-corrected chi connectivity index (χ1v) is 8.31. The van der Waals surface area contributed by atoms with Gasteiger partial charge < -0.3 is 14.4 Å². The van der Waals surface area contributed by atoms with Gasteiger partial charge in [-0.25, -0.2) is 0 Å². The molecule has 0 bridgehead atoms. The minimum absolute atomic E-state index is 0.0975. The molecule has 0 fully saturated rings. The summed E-state index contributed by atoms with van der Waals surface area (Å²) in [6, 6.07) is 6.31. The summed E-state index contributed by atoms with van der Waals surface area (Å²) in [5, 5.41) is 12.1. The van der Waals surface area contributed by atoms with Crippen LogP contribution in [0.15, 0.2) is 45.4 Å². The van der Waals surface area contributed by atoms with Gasteiger partial charge >= 0.3 is 0 Å². The monoisotopic (exact) mass is 331 g/mol. The zero-order valence-electron chi connectivity index (χ0n) is 12.9. The van der Waals surface area contributed by atoms with Gasteiger partial charge in [0.2, 0.25) is 5.78 Å². The molecule has 1 aliphatic rings. The van der Waals surface area contributed by atoms with Crippen molar-refractivity contribution in [1.29, 1.82) is 0 Å². The third kappa shape index (κ3) is 2.59. The van der Waals surface area contributed by atoms with E-state index in [2.05, 4.69) is 0 Å². The lowest BCUT2D eigenvalue weighted by atomic mass is 10.00. The van der Waals surface area contributed by atoms with E-state index in [-0.39, 0.29) is 11.4 Å². The third-order valence-corrected chi connectivity index (χ3v) is 4.66. The molecule has 0 radical (unpaired) electrons. The third-order valence-electron chi connectivity index (χ3n) is 3.79. The number of rotatable bonds is 5. The van der Waals surface area contributed by atoms with Gasteiger partial charge in [0.15, 0.2) is 5.76 Å². The fraction of sp³-hybridized carbons (Fsp3) is 0.294. The Morgan fingerprint density at radius 1 is 1.39 bits per heavy atom. The summed E-state index contributed by atoms with van der Waals surface area (Å²) < 4.78 is 5.65. The predicted molar refractivity (Wildman–Crippen MR) is 86.5 cm³/mol. The van der Waals surface area contributed by atoms with Gasteiger partial charge in [-0.3, -0.25) is 9.59 Å². The number of aliphatic hydroxyl groups is 1. The molecule has 3 heterocycles. The molecular formula is C17H17NO4S. The van der Waals surface area contributed by atoms with E-state index in [9.17, 15) is 14.7 Å². The van der Waals surface area contributed by atoms with E-state index in [0.29, 0.717) is 22.9 Å². The number of amides is 1. The first-order chi connectivity index (χ1) is 11.0. The molecule has 1 atom stereocenters. The quantitative estimate of drug-likeness (QED) is 0.849. The van der Waals surface area contributed by atoms with Crippen LogP contribution in [0.5, 0.6) is 0 Å². The Morgan fingerprint density at radius 3 is 2.74 bits per heavy atom. The fourth-order valence-corrected chi connectivity index (χ4v) is 3.47. The molecule has 3 rings (SSSR count). The summed E-state index contributed by atoms with van der Waals surface area (Å²) >= 11 is 1.28. The number of furan rings is 1. The highest BCUT2D eigenvalue weighted by molar-refractivity contribution is 7.12. The van der Waals surface area contributed by atoms with Gasteiger partial charge in [-0.05, 0) is 36.9 Å². The Morgan fingerprint density at radius 2 is 2.17 bits per heavy atom. The number of Topliss-reactive ketones (excluding diaryl/α,β-unsaturated/α-hetero) is 1. The number of hydrogen-bond donors (Lipinski definition) is 1. The van der Waals surface area contributed by atoms with Crippen LogP contribution in [0.1, 0.15) is 40.6 Å². The Balaban J connectivity index is 2.09. The lowest BCUT2D eigenvalue weighted by Gasteiger charge is -2.24. The fourth-order valence-electron chi connectivity index (χ4n) is 2.79. The number of aryl methyl sites for hydroxylation is 1. The van der Waals surface area contributed by atoms with Gasteiger partial charge in [-0.15, -0.1) is 11.3 Å². The van der Waals surface area contributed by atoms with E-state index in [1.165, 1.54) is 16.2 Å². The van der Waals surface area contributed by atoms with Crippen molar-refractivity contribution in [3.8, 4) is 0 Å². The van der Waals surface area contributed by atoms with Crippen molar-refractivity contribution in [3.63, 3.8) is 0 Å². The highest BCUT2D eigenvalue weighted by atomic mass is 32.1. The van der Waals surface area contributed by atoms with Crippen LogP contribution in [0.2, 0.25) is 0 Å². The molecule has 6 heteroatoms. The first-order valence-electron chi connectivity index (χ1n) is 7.43. The minimum atomic E-state index is -0.675. The second-order valence-electron chi connectivity index (χ2n) is 5.42. The van der Waals surface area contributed by atoms with Crippen LogP contribution >= 0.6 is 11.3 Å². The summed E-state index contributed by atoms with van der Waals surface area (Å²) in [6.07, 6.45) is 0.718. The van der Waals surface area contributed by atoms with Gasteiger partial charge in [-0.2, -0.15) is 0 Å². The lowest BCUT2D eigenvalue weighted by Crippen LogP contribution is -2.31. The van der Waals surface area contributed by atoms with Crippen molar-refractivity contribution in [3.05, 3.63) is 57.4 Å². The standard InChI is InChI=1S/C17H17NO4S/c1-3-8-18-14(11-7-6-10(2)22-11)13(16(20)17(18)21)15(19)12-5-4-9-23-12/h4-7,9,14,20H,3,8H2,1-2H3. The Hall–Kier alpha value is -2.34. The van der Waals surface area contributed by atoms with Crippen molar-refractivity contribution < 1.29 is 19.1 Å². The number of thiophene rings is 1. The average Bonchev–Trinajstić information content (AvgIpc) is 3.24. The summed E-state index contributed by atoms with van der Waals surface area (Å²) in [5.41, 5.74) is 0.0975. The van der Waals surface area contributed by atoms with Crippen molar-refractivity contribution in [2.24, 2.45) is 0 Å². The van der Waals surface area contributed by atoms with Crippen LogP contribution < -0.4 is 0 Å². The van der Waals surface area contributed by atoms with Crippen molar-refractivity contribution >= 4 is 23.0 Å². The van der Waals surface area contributed by atoms with E-state index >= 15 is 0 Å². The molecule has 1 N–H and O–H groups in total. The van der Waals surface area contributed by atoms with Gasteiger partial charge in [0.05, 0.1) is 10.5 Å². The number of hydrogen-bond acceptors (Lipinski definition) is 5. The highest BCUT2D eigenvalue weighted by Crippen LogP contribution is 2.40. The zero-order valence-corrected chi connectivity index (χ0v) is 13.7. The predicted octanol–water partition coefficient (Wildman–Crippen LogP) is 3.64. The summed E-state index contributed by atoms with van der Waals surface area (Å²) in [5.74, 6) is -0.142. The minimum Gasteiger partial charge on any atom is -0.503 e. The molecule has 0 aliphatic carbocycles. The largest absolute Gasteiger partial charge is 0.503 e. The molecular weight excluding hydrogens is 314 g/mol. The number of aliphatic hydroxyl groups excluding tert-OH is 1. The SMILES string of the molecule is CCCN1C(=O)C(O)=C(C(=O)c2cccs2)C1c1ccc(C)o1. The first kappa shape index (κ1) is 15.6. The maximum atomic E-state index is 12.8. The molecule has 23 heavy (non-hydrogen) atoms. The topological polar surface area (TPSA) is 70.8 Å². The van der Waals surface area contributed by atoms with Crippen LogP contribution in [0.3, 0.4) is 0 Å². The number of carbonyl (C=O) groups excluding carboxylic acids is 2. The van der Waals surface area contributed by atoms with Crippen LogP contribution in [0, 0.1) is 6.92 Å². The van der Waals surface area contributed by atoms with Crippen molar-refractivity contribution in [2.75, 3.05) is 6.54 Å². The number of nitrogens with zero attached hydrogens (tertiary/aromatic N) is 1. The maximum Gasteiger partial charge on any atom is 0.290 e. The van der Waals surface area contributed by atoms with Crippen LogP contribution in [-0.4, -0.2) is 28.2 Å². The average molecular weight is 331 g/mol. The zero-order chi connectivity index (χ0) is 16.6. The summed E-state index contributed by atoms with van der Waals surface area (Å²) in [6.45, 7) is 4.18. The molecule has 2 aromatic heterocycles. The molecule has 2 aromatic rings. The van der Waals surface area contributed by atoms with E-state index in [0.717, 1.165) is 6.42 Å². The smallest absolute Gasteiger partial charge is 0.290 e. The summed E-state index contributed by atoms with van der Waals surface area (Å²) in [4.78, 5) is 27.2. The van der Waals surface area contributed by atoms with Gasteiger partial charge in [0.25, 0.3) is 5.91 Å². The molecule has 1 aliphatic heterocycles. The molecule has 0 saturated heterocycles. The molecule has 1 unspecified atom stereocenters. The second-order valence-corrected chi connectivity index (χ2v) is 6.37. The Kier molecular flexibility index (Phi) is 4.09. The van der Waals surface area contributed by atoms with E-state index in [1.54, 1.807) is 36.6 Å². The van der Waals surface area contributed by atoms with E-state index in [1.807, 2.05) is 6.92 Å². The Labute approximate surface area is 137 Å². The second kappa shape index (κ2) is 6.04. The van der Waals surface area contributed by atoms with Crippen molar-refractivity contribution in [2.45, 2.75) is 26.3 Å². The van der Waals surface area contributed by atoms with Crippen LogP contribution in [0.4, 0.5) is 0 Å².